The molecule has 1 nitrogen and oxygen atoms in total. The number of aryl methyl sites for hydroxylation is 3. The maximum absolute atomic E-state index is 6.05. The zero-order valence-corrected chi connectivity index (χ0v) is 15.0. The van der Waals surface area contributed by atoms with Crippen LogP contribution in [0, 0.1) is 13.8 Å². The molecule has 4 rings (SSSR count). The van der Waals surface area contributed by atoms with Crippen molar-refractivity contribution in [2.75, 3.05) is 5.73 Å². The van der Waals surface area contributed by atoms with Gasteiger partial charge in [-0.2, -0.15) is 0 Å². The minimum Gasteiger partial charge on any atom is -0.399 e. The van der Waals surface area contributed by atoms with Gasteiger partial charge in [-0.05, 0) is 67.0 Å². The molecule has 1 heteroatoms. The molecule has 1 aliphatic rings. The van der Waals surface area contributed by atoms with Crippen molar-refractivity contribution in [2.24, 2.45) is 0 Å². The minimum atomic E-state index is 0.396. The highest BCUT2D eigenvalue weighted by Crippen LogP contribution is 2.46. The van der Waals surface area contributed by atoms with Crippen LogP contribution in [0.25, 0.3) is 0 Å². The van der Waals surface area contributed by atoms with Gasteiger partial charge in [-0.15, -0.1) is 0 Å². The molecule has 0 radical (unpaired) electrons. The number of rotatable bonds is 2. The molecule has 0 amide bonds. The summed E-state index contributed by atoms with van der Waals surface area (Å²) in [5, 5.41) is 0. The average molecular weight is 327 g/mol. The lowest BCUT2D eigenvalue weighted by atomic mass is 9.69. The Morgan fingerprint density at radius 2 is 1.36 bits per heavy atom. The molecule has 2 N–H and O–H groups in total. The first-order chi connectivity index (χ1) is 12.1. The van der Waals surface area contributed by atoms with Gasteiger partial charge in [0.2, 0.25) is 0 Å². The number of hydrogen-bond donors (Lipinski definition) is 1. The summed E-state index contributed by atoms with van der Waals surface area (Å²) in [7, 11) is 0. The van der Waals surface area contributed by atoms with Crippen molar-refractivity contribution in [2.45, 2.75) is 38.5 Å². The molecule has 25 heavy (non-hydrogen) atoms. The lowest BCUT2D eigenvalue weighted by molar-refractivity contribution is 0.524. The van der Waals surface area contributed by atoms with Crippen LogP contribution in [0.1, 0.15) is 51.6 Å². The standard InChI is InChI=1S/C24H25N/c1-16-3-7-18(8-4-16)22-13-11-20-15-21(25)12-14-23(20)24(22)19-9-5-17(2)6-10-19/h3-10,12,14-15,22,24H,11,13,25H2,1-2H3. The Bertz CT molecular complexity index is 875. The van der Waals surface area contributed by atoms with Crippen LogP contribution >= 0.6 is 0 Å². The molecular formula is C24H25N. The Morgan fingerprint density at radius 1 is 0.760 bits per heavy atom. The van der Waals surface area contributed by atoms with Gasteiger partial charge in [-0.25, -0.2) is 0 Å². The maximum Gasteiger partial charge on any atom is 0.0316 e. The number of hydrogen-bond acceptors (Lipinski definition) is 1. The van der Waals surface area contributed by atoms with Gasteiger partial charge >= 0.3 is 0 Å². The van der Waals surface area contributed by atoms with E-state index in [0.29, 0.717) is 11.8 Å². The summed E-state index contributed by atoms with van der Waals surface area (Å²) in [6, 6.07) is 24.6. The second-order valence-corrected chi connectivity index (χ2v) is 7.40. The van der Waals surface area contributed by atoms with Gasteiger partial charge < -0.3 is 5.73 Å². The molecule has 3 aromatic rings. The van der Waals surface area contributed by atoms with Gasteiger partial charge in [-0.3, -0.25) is 0 Å². The molecule has 1 aliphatic carbocycles. The maximum atomic E-state index is 6.05. The summed E-state index contributed by atoms with van der Waals surface area (Å²) < 4.78 is 0. The summed E-state index contributed by atoms with van der Waals surface area (Å²) in [6.45, 7) is 4.30. The Balaban J connectivity index is 1.84. The van der Waals surface area contributed by atoms with Crippen molar-refractivity contribution in [1.82, 2.24) is 0 Å². The summed E-state index contributed by atoms with van der Waals surface area (Å²) in [5.41, 5.74) is 15.2. The molecular weight excluding hydrogens is 302 g/mol. The summed E-state index contributed by atoms with van der Waals surface area (Å²) in [4.78, 5) is 0. The lowest BCUT2D eigenvalue weighted by Gasteiger charge is -2.35. The highest BCUT2D eigenvalue weighted by atomic mass is 14.5. The zero-order valence-electron chi connectivity index (χ0n) is 15.0. The molecule has 0 aromatic heterocycles. The van der Waals surface area contributed by atoms with E-state index in [1.54, 1.807) is 0 Å². The SMILES string of the molecule is Cc1ccc(C2CCc3cc(N)ccc3C2c2ccc(C)cc2)cc1. The number of fused-ring (bicyclic) bond motifs is 1. The Kier molecular flexibility index (Phi) is 4.09. The molecule has 3 aromatic carbocycles. The van der Waals surface area contributed by atoms with E-state index in [1.165, 1.54) is 33.4 Å². The van der Waals surface area contributed by atoms with Crippen LogP contribution in [0.3, 0.4) is 0 Å². The van der Waals surface area contributed by atoms with E-state index >= 15 is 0 Å². The van der Waals surface area contributed by atoms with Crippen molar-refractivity contribution in [3.05, 3.63) is 100 Å². The molecule has 0 spiro atoms. The van der Waals surface area contributed by atoms with E-state index in [9.17, 15) is 0 Å². The highest BCUT2D eigenvalue weighted by Gasteiger charge is 2.31. The van der Waals surface area contributed by atoms with Crippen LogP contribution in [-0.4, -0.2) is 0 Å². The Hall–Kier alpha value is -2.54. The van der Waals surface area contributed by atoms with Gasteiger partial charge in [-0.1, -0.05) is 65.7 Å². The predicted molar refractivity (Wildman–Crippen MR) is 106 cm³/mol. The first kappa shape index (κ1) is 16.0. The van der Waals surface area contributed by atoms with Crippen LogP contribution in [0.4, 0.5) is 5.69 Å². The smallest absolute Gasteiger partial charge is 0.0316 e. The van der Waals surface area contributed by atoms with Gasteiger partial charge in [0.25, 0.3) is 0 Å². The first-order valence-corrected chi connectivity index (χ1v) is 9.13. The summed E-state index contributed by atoms with van der Waals surface area (Å²) in [6.07, 6.45) is 2.26. The zero-order chi connectivity index (χ0) is 17.4. The Morgan fingerprint density at radius 3 is 2.00 bits per heavy atom. The third-order valence-electron chi connectivity index (χ3n) is 5.57. The van der Waals surface area contributed by atoms with Crippen molar-refractivity contribution in [3.8, 4) is 0 Å². The molecule has 0 saturated heterocycles. The molecule has 0 aliphatic heterocycles. The van der Waals surface area contributed by atoms with Crippen LogP contribution < -0.4 is 5.73 Å². The third-order valence-corrected chi connectivity index (χ3v) is 5.57. The number of nitrogen functional groups attached to an aromatic ring is 1. The van der Waals surface area contributed by atoms with Crippen molar-refractivity contribution >= 4 is 5.69 Å². The fraction of sp³-hybridized carbons (Fsp3) is 0.250. The van der Waals surface area contributed by atoms with Crippen molar-refractivity contribution in [1.29, 1.82) is 0 Å². The molecule has 0 saturated carbocycles. The molecule has 126 valence electrons. The van der Waals surface area contributed by atoms with E-state index in [4.69, 9.17) is 5.73 Å². The number of benzene rings is 3. The molecule has 0 fully saturated rings. The van der Waals surface area contributed by atoms with Gasteiger partial charge in [0.15, 0.2) is 0 Å². The van der Waals surface area contributed by atoms with E-state index in [-0.39, 0.29) is 0 Å². The van der Waals surface area contributed by atoms with Crippen LogP contribution in [0.5, 0.6) is 0 Å². The predicted octanol–water partition coefficient (Wildman–Crippen LogP) is 5.75. The summed E-state index contributed by atoms with van der Waals surface area (Å²) >= 11 is 0. The average Bonchev–Trinajstić information content (AvgIpc) is 2.62. The van der Waals surface area contributed by atoms with Crippen molar-refractivity contribution in [3.63, 3.8) is 0 Å². The van der Waals surface area contributed by atoms with Gasteiger partial charge in [0.05, 0.1) is 0 Å². The molecule has 2 atom stereocenters. The summed E-state index contributed by atoms with van der Waals surface area (Å²) in [5.74, 6) is 0.909. The topological polar surface area (TPSA) is 26.0 Å². The number of anilines is 1. The van der Waals surface area contributed by atoms with Gasteiger partial charge in [0, 0.05) is 11.6 Å². The molecule has 2 unspecified atom stereocenters. The quantitative estimate of drug-likeness (QED) is 0.596. The second kappa shape index (κ2) is 6.40. The number of nitrogens with two attached hydrogens (primary N) is 1. The van der Waals surface area contributed by atoms with Crippen molar-refractivity contribution < 1.29 is 0 Å². The van der Waals surface area contributed by atoms with E-state index in [0.717, 1.165) is 18.5 Å². The highest BCUT2D eigenvalue weighted by molar-refractivity contribution is 5.51. The van der Waals surface area contributed by atoms with Gasteiger partial charge in [0.1, 0.15) is 0 Å². The van der Waals surface area contributed by atoms with Crippen LogP contribution in [0.15, 0.2) is 66.7 Å². The van der Waals surface area contributed by atoms with Crippen LogP contribution in [0.2, 0.25) is 0 Å². The van der Waals surface area contributed by atoms with Crippen LogP contribution in [-0.2, 0) is 6.42 Å². The third kappa shape index (κ3) is 3.07. The fourth-order valence-corrected chi connectivity index (χ4v) is 4.20. The Labute approximate surface area is 150 Å². The molecule has 0 bridgehead atoms. The van der Waals surface area contributed by atoms with E-state index < -0.39 is 0 Å². The second-order valence-electron chi connectivity index (χ2n) is 7.40. The monoisotopic (exact) mass is 327 g/mol. The largest absolute Gasteiger partial charge is 0.399 e. The fourth-order valence-electron chi connectivity index (χ4n) is 4.20. The van der Waals surface area contributed by atoms with E-state index in [2.05, 4.69) is 80.6 Å². The van der Waals surface area contributed by atoms with E-state index in [1.807, 2.05) is 0 Å². The first-order valence-electron chi connectivity index (χ1n) is 9.13. The lowest BCUT2D eigenvalue weighted by Crippen LogP contribution is -2.20. The molecule has 0 heterocycles. The normalized spacial score (nSPS) is 19.4. The minimum absolute atomic E-state index is 0.396.